The number of hydrogen-bond donors (Lipinski definition) is 2. The van der Waals surface area contributed by atoms with E-state index in [1.54, 1.807) is 31.4 Å². The monoisotopic (exact) mass is 919 g/mol. The number of halogens is 4. The second-order valence-corrected chi connectivity index (χ2v) is 19.1. The third-order valence-corrected chi connectivity index (χ3v) is 15.1. The molecule has 1 saturated heterocycles. The molecule has 1 fully saturated rings. The van der Waals surface area contributed by atoms with Crippen LogP contribution in [0.25, 0.3) is 20.9 Å². The van der Waals surface area contributed by atoms with Crippen molar-refractivity contribution in [3.63, 3.8) is 0 Å². The number of benzene rings is 4. The van der Waals surface area contributed by atoms with Gasteiger partial charge in [0.25, 0.3) is 10.0 Å². The maximum absolute atomic E-state index is 13.5. The predicted octanol–water partition coefficient (Wildman–Crippen LogP) is 9.60. The molecule has 57 heavy (non-hydrogen) atoms. The Morgan fingerprint density at radius 1 is 0.772 bits per heavy atom. The molecule has 1 aromatic heterocycles. The van der Waals surface area contributed by atoms with E-state index in [4.69, 9.17) is 16.3 Å². The Bertz CT molecular complexity index is 2320. The van der Waals surface area contributed by atoms with Gasteiger partial charge in [-0.2, -0.15) is 0 Å². The van der Waals surface area contributed by atoms with Crippen molar-refractivity contribution < 1.29 is 21.6 Å². The number of thiophene rings is 1. The van der Waals surface area contributed by atoms with Gasteiger partial charge in [-0.15, -0.1) is 48.6 Å². The number of sulfonamides is 2. The molecule has 314 valence electrons. The maximum atomic E-state index is 13.5. The maximum Gasteiger partial charge on any atom is 0.271 e. The van der Waals surface area contributed by atoms with Crippen molar-refractivity contribution in [2.45, 2.75) is 54.6 Å². The molecule has 0 spiro atoms. The molecule has 0 unspecified atom stereocenters. The quantitative estimate of drug-likeness (QED) is 0.0888. The van der Waals surface area contributed by atoms with Crippen molar-refractivity contribution in [2.75, 3.05) is 75.0 Å². The summed E-state index contributed by atoms with van der Waals surface area (Å²) in [7, 11) is -1.87. The lowest BCUT2D eigenvalue weighted by molar-refractivity contribution is 0.251. The Hall–Kier alpha value is -2.72. The average molecular weight is 922 g/mol. The topological polar surface area (TPSA) is 111 Å². The van der Waals surface area contributed by atoms with Crippen molar-refractivity contribution in [3.8, 4) is 5.75 Å². The van der Waals surface area contributed by atoms with E-state index in [0.29, 0.717) is 33.5 Å². The fourth-order valence-corrected chi connectivity index (χ4v) is 11.4. The highest BCUT2D eigenvalue weighted by Gasteiger charge is 2.25. The Balaban J connectivity index is 0.00000290. The standard InChI is InChI=1S/C40H50ClN5O5S3.3ClH/c1-29-34-27-30(41)17-20-38(34)52-40(29)54(49,50)43-31-18-19-37(51-4)36(28-31)46-25-23-45(24-26-46)22-10-8-6-5-7-9-21-42-53(47,48)39-16-12-13-32-33(39)14-11-15-35(32)44(2)3;;;/h11-20,27-28,42-43H,5-10,21-26H2,1-4H3;3*1H. The van der Waals surface area contributed by atoms with Gasteiger partial charge >= 0.3 is 0 Å². The first kappa shape index (κ1) is 48.6. The Morgan fingerprint density at radius 2 is 1.44 bits per heavy atom. The first-order valence-corrected chi connectivity index (χ1v) is 22.6. The number of piperazine rings is 1. The number of hydrogen-bond acceptors (Lipinski definition) is 9. The molecule has 0 saturated carbocycles. The van der Waals surface area contributed by atoms with Crippen molar-refractivity contribution in [1.29, 1.82) is 0 Å². The molecular formula is C40H53Cl4N5O5S3. The van der Waals surface area contributed by atoms with Gasteiger partial charge in [-0.05, 0) is 85.8 Å². The van der Waals surface area contributed by atoms with E-state index in [0.717, 1.165) is 103 Å². The third-order valence-electron chi connectivity index (χ3n) is 10.1. The molecular weight excluding hydrogens is 868 g/mol. The summed E-state index contributed by atoms with van der Waals surface area (Å²) in [4.78, 5) is 7.06. The SMILES string of the molecule is COc1ccc(NS(=O)(=O)c2sc3ccc(Cl)cc3c2C)cc1N1CCN(CCCCCCCCNS(=O)(=O)c2cccc3c(N(C)C)cccc23)CC1.Cl.Cl.Cl. The summed E-state index contributed by atoms with van der Waals surface area (Å²) in [6.07, 6.45) is 6.24. The van der Waals surface area contributed by atoms with Gasteiger partial charge < -0.3 is 14.5 Å². The van der Waals surface area contributed by atoms with Crippen molar-refractivity contribution >= 4 is 118 Å². The first-order valence-electron chi connectivity index (χ1n) is 18.4. The van der Waals surface area contributed by atoms with Gasteiger partial charge in [0, 0.05) is 73.0 Å². The lowest BCUT2D eigenvalue weighted by atomic mass is 10.1. The number of anilines is 3. The van der Waals surface area contributed by atoms with Crippen LogP contribution in [0.2, 0.25) is 5.02 Å². The van der Waals surface area contributed by atoms with Crippen LogP contribution in [0.15, 0.2) is 81.9 Å². The van der Waals surface area contributed by atoms with Gasteiger partial charge in [-0.25, -0.2) is 21.6 Å². The van der Waals surface area contributed by atoms with E-state index < -0.39 is 20.0 Å². The van der Waals surface area contributed by atoms with E-state index in [1.165, 1.54) is 11.3 Å². The molecule has 6 rings (SSSR count). The average Bonchev–Trinajstić information content (AvgIpc) is 3.49. The molecule has 10 nitrogen and oxygen atoms in total. The second kappa shape index (κ2) is 21.5. The normalized spacial score (nSPS) is 13.5. The molecule has 0 atom stereocenters. The molecule has 0 radical (unpaired) electrons. The van der Waals surface area contributed by atoms with Crippen LogP contribution >= 0.6 is 60.2 Å². The van der Waals surface area contributed by atoms with E-state index in [9.17, 15) is 16.8 Å². The predicted molar refractivity (Wildman–Crippen MR) is 247 cm³/mol. The highest BCUT2D eigenvalue weighted by Crippen LogP contribution is 2.38. The van der Waals surface area contributed by atoms with Crippen molar-refractivity contribution in [1.82, 2.24) is 9.62 Å². The highest BCUT2D eigenvalue weighted by molar-refractivity contribution is 7.95. The summed E-state index contributed by atoms with van der Waals surface area (Å²) in [6, 6.07) is 22.1. The summed E-state index contributed by atoms with van der Waals surface area (Å²) < 4.78 is 65.8. The largest absolute Gasteiger partial charge is 0.495 e. The molecule has 0 amide bonds. The molecule has 1 aliphatic heterocycles. The molecule has 2 N–H and O–H groups in total. The van der Waals surface area contributed by atoms with Crippen LogP contribution in [0.5, 0.6) is 5.75 Å². The fraction of sp³-hybridized carbons (Fsp3) is 0.400. The summed E-state index contributed by atoms with van der Waals surface area (Å²) in [5, 5.41) is 3.08. The van der Waals surface area contributed by atoms with Gasteiger partial charge in [0.05, 0.1) is 23.4 Å². The van der Waals surface area contributed by atoms with Gasteiger partial charge in [-0.3, -0.25) is 9.62 Å². The van der Waals surface area contributed by atoms with Crippen LogP contribution in [0.1, 0.15) is 44.1 Å². The number of methoxy groups -OCH3 is 1. The summed E-state index contributed by atoms with van der Waals surface area (Å²) in [5.41, 5.74) is 3.04. The van der Waals surface area contributed by atoms with E-state index >= 15 is 0 Å². The van der Waals surface area contributed by atoms with E-state index in [2.05, 4.69) is 19.2 Å². The van der Waals surface area contributed by atoms with E-state index in [-0.39, 0.29) is 41.4 Å². The van der Waals surface area contributed by atoms with E-state index in [1.807, 2.05) is 74.4 Å². The fourth-order valence-electron chi connectivity index (χ4n) is 7.18. The molecule has 17 heteroatoms. The number of aryl methyl sites for hydroxylation is 1. The van der Waals surface area contributed by atoms with Crippen LogP contribution in [0.3, 0.4) is 0 Å². The molecule has 2 heterocycles. The number of nitrogens with one attached hydrogen (secondary N) is 2. The third kappa shape index (κ3) is 11.7. The highest BCUT2D eigenvalue weighted by atomic mass is 35.5. The van der Waals surface area contributed by atoms with Gasteiger partial charge in [-0.1, -0.05) is 61.5 Å². The Morgan fingerprint density at radius 3 is 2.14 bits per heavy atom. The van der Waals surface area contributed by atoms with Crippen LogP contribution in [-0.2, 0) is 20.0 Å². The van der Waals surface area contributed by atoms with Crippen LogP contribution < -0.4 is 24.0 Å². The van der Waals surface area contributed by atoms with Crippen molar-refractivity contribution in [2.24, 2.45) is 0 Å². The van der Waals surface area contributed by atoms with Crippen LogP contribution in [0.4, 0.5) is 17.1 Å². The smallest absolute Gasteiger partial charge is 0.271 e. The minimum Gasteiger partial charge on any atom is -0.495 e. The minimum atomic E-state index is -3.81. The zero-order valence-electron chi connectivity index (χ0n) is 32.6. The first-order chi connectivity index (χ1) is 25.9. The zero-order chi connectivity index (χ0) is 38.5. The lowest BCUT2D eigenvalue weighted by Crippen LogP contribution is -2.46. The van der Waals surface area contributed by atoms with Gasteiger partial charge in [0.1, 0.15) is 9.96 Å². The van der Waals surface area contributed by atoms with Crippen molar-refractivity contribution in [3.05, 3.63) is 83.4 Å². The number of ether oxygens (including phenoxy) is 1. The molecule has 5 aromatic rings. The number of fused-ring (bicyclic) bond motifs is 2. The summed E-state index contributed by atoms with van der Waals surface area (Å²) >= 11 is 7.42. The number of unbranched alkanes of at least 4 members (excludes halogenated alkanes) is 5. The molecule has 4 aromatic carbocycles. The van der Waals surface area contributed by atoms with Crippen LogP contribution in [-0.4, -0.2) is 82.2 Å². The zero-order valence-corrected chi connectivity index (χ0v) is 38.3. The molecule has 0 aliphatic carbocycles. The molecule has 0 bridgehead atoms. The van der Waals surface area contributed by atoms with Gasteiger partial charge in [0.15, 0.2) is 0 Å². The Kier molecular flexibility index (Phi) is 18.4. The number of nitrogens with zero attached hydrogens (tertiary/aromatic N) is 3. The van der Waals surface area contributed by atoms with Crippen LogP contribution in [0, 0.1) is 6.92 Å². The minimum absolute atomic E-state index is 0. The summed E-state index contributed by atoms with van der Waals surface area (Å²) in [6.45, 7) is 6.73. The Labute approximate surface area is 365 Å². The molecule has 1 aliphatic rings. The lowest BCUT2D eigenvalue weighted by Gasteiger charge is -2.36. The summed E-state index contributed by atoms with van der Waals surface area (Å²) in [5.74, 6) is 0.707. The number of rotatable bonds is 17. The second-order valence-electron chi connectivity index (χ2n) is 14.0. The van der Waals surface area contributed by atoms with Gasteiger partial charge in [0.2, 0.25) is 10.0 Å².